The first-order chi connectivity index (χ1) is 10.4. The summed E-state index contributed by atoms with van der Waals surface area (Å²) < 4.78 is 28.2. The van der Waals surface area contributed by atoms with Gasteiger partial charge in [0.15, 0.2) is 0 Å². The van der Waals surface area contributed by atoms with Gasteiger partial charge in [0.1, 0.15) is 4.90 Å². The van der Waals surface area contributed by atoms with Gasteiger partial charge in [0.25, 0.3) is 10.0 Å². The third kappa shape index (κ3) is 2.45. The Morgan fingerprint density at radius 3 is 2.82 bits per heavy atom. The number of aromatic nitrogens is 2. The van der Waals surface area contributed by atoms with Crippen LogP contribution in [0.5, 0.6) is 0 Å². The number of aliphatic carboxylic acids is 1. The number of carbonyl (C=O) groups is 1. The molecule has 8 heteroatoms. The van der Waals surface area contributed by atoms with E-state index in [-0.39, 0.29) is 11.3 Å². The highest BCUT2D eigenvalue weighted by molar-refractivity contribution is 7.92. The van der Waals surface area contributed by atoms with Crippen molar-refractivity contribution in [3.63, 3.8) is 0 Å². The smallest absolute Gasteiger partial charge is 0.307 e. The zero-order chi connectivity index (χ0) is 15.9. The highest BCUT2D eigenvalue weighted by atomic mass is 32.2. The number of nitrogens with zero attached hydrogens (tertiary/aromatic N) is 3. The monoisotopic (exact) mass is 321 g/mol. The van der Waals surface area contributed by atoms with Gasteiger partial charge in [-0.15, -0.1) is 0 Å². The first kappa shape index (κ1) is 14.6. The summed E-state index contributed by atoms with van der Waals surface area (Å²) in [6.07, 6.45) is 3.25. The lowest BCUT2D eigenvalue weighted by atomic mass is 10.1. The fourth-order valence-electron chi connectivity index (χ4n) is 2.59. The lowest BCUT2D eigenvalue weighted by Gasteiger charge is -2.19. The summed E-state index contributed by atoms with van der Waals surface area (Å²) in [7, 11) is -2.02. The van der Waals surface area contributed by atoms with Crippen molar-refractivity contribution in [1.82, 2.24) is 9.78 Å². The van der Waals surface area contributed by atoms with Crippen LogP contribution in [0.2, 0.25) is 0 Å². The van der Waals surface area contributed by atoms with Gasteiger partial charge in [-0.05, 0) is 23.6 Å². The zero-order valence-corrected chi connectivity index (χ0v) is 12.7. The van der Waals surface area contributed by atoms with Crippen LogP contribution in [0, 0.1) is 0 Å². The Morgan fingerprint density at radius 1 is 1.41 bits per heavy atom. The van der Waals surface area contributed by atoms with Crippen LogP contribution >= 0.6 is 0 Å². The first-order valence-electron chi connectivity index (χ1n) is 6.73. The molecule has 1 aromatic carbocycles. The second-order valence-electron chi connectivity index (χ2n) is 5.21. The van der Waals surface area contributed by atoms with Gasteiger partial charge in [0, 0.05) is 19.8 Å². The molecule has 7 nitrogen and oxygen atoms in total. The van der Waals surface area contributed by atoms with E-state index in [1.54, 1.807) is 25.2 Å². The molecule has 3 rings (SSSR count). The van der Waals surface area contributed by atoms with Crippen LogP contribution in [0.4, 0.5) is 5.69 Å². The van der Waals surface area contributed by atoms with Crippen molar-refractivity contribution in [2.24, 2.45) is 7.05 Å². The molecule has 0 bridgehead atoms. The number of carboxylic acids is 1. The summed E-state index contributed by atoms with van der Waals surface area (Å²) in [5.41, 5.74) is 2.05. The SMILES string of the molecule is Cn1cc(S(=O)(=O)N2CCc3ccc(CC(=O)O)cc32)cn1. The maximum atomic E-state index is 12.7. The fourth-order valence-corrected chi connectivity index (χ4v) is 4.07. The molecule has 1 N–H and O–H groups in total. The van der Waals surface area contributed by atoms with Crippen molar-refractivity contribution >= 4 is 21.7 Å². The third-order valence-corrected chi connectivity index (χ3v) is 5.39. The molecule has 1 aliphatic rings. The van der Waals surface area contributed by atoms with Gasteiger partial charge in [0.05, 0.1) is 18.3 Å². The largest absolute Gasteiger partial charge is 0.481 e. The lowest BCUT2D eigenvalue weighted by molar-refractivity contribution is -0.136. The van der Waals surface area contributed by atoms with Crippen LogP contribution in [0.15, 0.2) is 35.5 Å². The number of rotatable bonds is 4. The number of fused-ring (bicyclic) bond motifs is 1. The van der Waals surface area contributed by atoms with Crippen molar-refractivity contribution < 1.29 is 18.3 Å². The van der Waals surface area contributed by atoms with Crippen LogP contribution < -0.4 is 4.31 Å². The Hall–Kier alpha value is -2.35. The van der Waals surface area contributed by atoms with E-state index in [9.17, 15) is 13.2 Å². The summed E-state index contributed by atoms with van der Waals surface area (Å²) in [5, 5.41) is 12.8. The molecule has 0 spiro atoms. The minimum Gasteiger partial charge on any atom is -0.481 e. The van der Waals surface area contributed by atoms with Crippen LogP contribution in [0.25, 0.3) is 0 Å². The van der Waals surface area contributed by atoms with Gasteiger partial charge in [0.2, 0.25) is 0 Å². The Bertz CT molecular complexity index is 842. The van der Waals surface area contributed by atoms with Crippen LogP contribution in [-0.4, -0.2) is 35.8 Å². The van der Waals surface area contributed by atoms with E-state index in [4.69, 9.17) is 5.11 Å². The lowest BCUT2D eigenvalue weighted by Crippen LogP contribution is -2.29. The molecule has 1 aliphatic heterocycles. The summed E-state index contributed by atoms with van der Waals surface area (Å²) >= 11 is 0. The highest BCUT2D eigenvalue weighted by Crippen LogP contribution is 2.33. The van der Waals surface area contributed by atoms with Gasteiger partial charge >= 0.3 is 5.97 Å². The number of aryl methyl sites for hydroxylation is 1. The molecular weight excluding hydrogens is 306 g/mol. The van der Waals surface area contributed by atoms with Crippen LogP contribution in [0.1, 0.15) is 11.1 Å². The van der Waals surface area contributed by atoms with Gasteiger partial charge in [-0.3, -0.25) is 13.8 Å². The molecule has 0 radical (unpaired) electrons. The second-order valence-corrected chi connectivity index (χ2v) is 7.07. The van der Waals surface area contributed by atoms with E-state index < -0.39 is 16.0 Å². The van der Waals surface area contributed by atoms with E-state index in [1.807, 2.05) is 0 Å². The molecule has 116 valence electrons. The van der Waals surface area contributed by atoms with Crippen molar-refractivity contribution in [1.29, 1.82) is 0 Å². The summed E-state index contributed by atoms with van der Waals surface area (Å²) in [6.45, 7) is 0.350. The fraction of sp³-hybridized carbons (Fsp3) is 0.286. The summed E-state index contributed by atoms with van der Waals surface area (Å²) in [6, 6.07) is 5.17. The number of hydrogen-bond acceptors (Lipinski definition) is 4. The predicted molar refractivity (Wildman–Crippen MR) is 79.2 cm³/mol. The molecule has 0 saturated heterocycles. The molecule has 1 aromatic heterocycles. The maximum Gasteiger partial charge on any atom is 0.307 e. The zero-order valence-electron chi connectivity index (χ0n) is 11.9. The minimum absolute atomic E-state index is 0.131. The highest BCUT2D eigenvalue weighted by Gasteiger charge is 2.31. The average Bonchev–Trinajstić information content (AvgIpc) is 3.04. The average molecular weight is 321 g/mol. The quantitative estimate of drug-likeness (QED) is 0.899. The molecular formula is C14H15N3O4S. The first-order valence-corrected chi connectivity index (χ1v) is 8.17. The predicted octanol–water partition coefficient (Wildman–Crippen LogP) is 0.799. The third-order valence-electron chi connectivity index (χ3n) is 3.63. The normalized spacial score (nSPS) is 14.1. The molecule has 0 atom stereocenters. The minimum atomic E-state index is -3.67. The van der Waals surface area contributed by atoms with E-state index in [1.165, 1.54) is 21.4 Å². The Balaban J connectivity index is 2.01. The topological polar surface area (TPSA) is 92.5 Å². The van der Waals surface area contributed by atoms with Crippen molar-refractivity contribution in [2.75, 3.05) is 10.8 Å². The molecule has 2 aromatic rings. The van der Waals surface area contributed by atoms with Gasteiger partial charge in [-0.2, -0.15) is 5.10 Å². The molecule has 0 amide bonds. The Labute approximate surface area is 127 Å². The number of hydrogen-bond donors (Lipinski definition) is 1. The molecule has 2 heterocycles. The van der Waals surface area contributed by atoms with E-state index in [0.717, 1.165) is 5.56 Å². The van der Waals surface area contributed by atoms with Crippen molar-refractivity contribution in [3.05, 3.63) is 41.7 Å². The standard InChI is InChI=1S/C14H15N3O4S/c1-16-9-12(8-15-16)22(20,21)17-5-4-11-3-2-10(6-13(11)17)7-14(18)19/h2-3,6,8-9H,4-5,7H2,1H3,(H,18,19). The molecule has 0 aliphatic carbocycles. The molecule has 0 unspecified atom stereocenters. The van der Waals surface area contributed by atoms with E-state index >= 15 is 0 Å². The van der Waals surface area contributed by atoms with E-state index in [2.05, 4.69) is 5.10 Å². The Kier molecular flexibility index (Phi) is 3.40. The van der Waals surface area contributed by atoms with Gasteiger partial charge < -0.3 is 5.11 Å². The van der Waals surface area contributed by atoms with Gasteiger partial charge in [-0.1, -0.05) is 12.1 Å². The number of benzene rings is 1. The van der Waals surface area contributed by atoms with Gasteiger partial charge in [-0.25, -0.2) is 8.42 Å². The van der Waals surface area contributed by atoms with Crippen LogP contribution in [-0.2, 0) is 34.7 Å². The van der Waals surface area contributed by atoms with Crippen molar-refractivity contribution in [2.45, 2.75) is 17.7 Å². The maximum absolute atomic E-state index is 12.7. The van der Waals surface area contributed by atoms with E-state index in [0.29, 0.717) is 24.2 Å². The van der Waals surface area contributed by atoms with Crippen LogP contribution in [0.3, 0.4) is 0 Å². The molecule has 0 saturated carbocycles. The summed E-state index contributed by atoms with van der Waals surface area (Å²) in [5.74, 6) is -0.945. The Morgan fingerprint density at radius 2 is 2.18 bits per heavy atom. The molecule has 22 heavy (non-hydrogen) atoms. The molecule has 0 fully saturated rings. The van der Waals surface area contributed by atoms with Crippen molar-refractivity contribution in [3.8, 4) is 0 Å². The second kappa shape index (κ2) is 5.13. The summed E-state index contributed by atoms with van der Waals surface area (Å²) in [4.78, 5) is 11.0. The number of carboxylic acid groups (broad SMARTS) is 1. The number of anilines is 1. The number of sulfonamides is 1.